The van der Waals surface area contributed by atoms with E-state index in [1.54, 1.807) is 0 Å². The fraction of sp³-hybridized carbons (Fsp3) is 0.400. The molecular formula is C10H15BrN2. The van der Waals surface area contributed by atoms with Crippen LogP contribution in [0.4, 0.5) is 5.69 Å². The van der Waals surface area contributed by atoms with Crippen LogP contribution in [0.5, 0.6) is 0 Å². The van der Waals surface area contributed by atoms with Crippen LogP contribution in [0, 0.1) is 0 Å². The average Bonchev–Trinajstić information content (AvgIpc) is 2.04. The van der Waals surface area contributed by atoms with Crippen molar-refractivity contribution in [2.24, 2.45) is 5.73 Å². The van der Waals surface area contributed by atoms with E-state index in [-0.39, 0.29) is 0 Å². The van der Waals surface area contributed by atoms with Crippen LogP contribution < -0.4 is 10.6 Å². The van der Waals surface area contributed by atoms with Crippen molar-refractivity contribution in [1.82, 2.24) is 0 Å². The average molecular weight is 243 g/mol. The van der Waals surface area contributed by atoms with E-state index in [1.165, 1.54) is 11.3 Å². The molecule has 0 saturated heterocycles. The lowest BCUT2D eigenvalue weighted by molar-refractivity contribution is 0.966. The zero-order chi connectivity index (χ0) is 9.84. The Morgan fingerprint density at radius 3 is 2.54 bits per heavy atom. The van der Waals surface area contributed by atoms with Gasteiger partial charge in [-0.05, 0) is 46.6 Å². The van der Waals surface area contributed by atoms with Gasteiger partial charge < -0.3 is 10.6 Å². The second-order valence-electron chi connectivity index (χ2n) is 3.22. The van der Waals surface area contributed by atoms with Crippen LogP contribution in [-0.2, 0) is 6.42 Å². The first kappa shape index (κ1) is 10.5. The zero-order valence-corrected chi connectivity index (χ0v) is 9.63. The molecule has 0 bridgehead atoms. The molecule has 0 radical (unpaired) electrons. The van der Waals surface area contributed by atoms with E-state index in [0.717, 1.165) is 10.9 Å². The van der Waals surface area contributed by atoms with Crippen LogP contribution in [0.2, 0.25) is 0 Å². The quantitative estimate of drug-likeness (QED) is 0.879. The standard InChI is InChI=1S/C10H15BrN2/c1-13(2)10-4-3-8(5-6-12)7-9(10)11/h3-4,7H,5-6,12H2,1-2H3. The molecule has 13 heavy (non-hydrogen) atoms. The number of hydrogen-bond donors (Lipinski definition) is 1. The number of anilines is 1. The van der Waals surface area contributed by atoms with Crippen molar-refractivity contribution >= 4 is 21.6 Å². The van der Waals surface area contributed by atoms with E-state index in [4.69, 9.17) is 5.73 Å². The Hall–Kier alpha value is -0.540. The number of halogens is 1. The highest BCUT2D eigenvalue weighted by Gasteiger charge is 2.02. The molecule has 2 N–H and O–H groups in total. The zero-order valence-electron chi connectivity index (χ0n) is 8.05. The van der Waals surface area contributed by atoms with Crippen LogP contribution in [0.3, 0.4) is 0 Å². The number of nitrogens with two attached hydrogens (primary N) is 1. The van der Waals surface area contributed by atoms with E-state index in [2.05, 4.69) is 39.0 Å². The monoisotopic (exact) mass is 242 g/mol. The Morgan fingerprint density at radius 2 is 2.08 bits per heavy atom. The molecule has 3 heteroatoms. The van der Waals surface area contributed by atoms with Crippen LogP contribution >= 0.6 is 15.9 Å². The molecule has 0 saturated carbocycles. The lowest BCUT2D eigenvalue weighted by Gasteiger charge is -2.15. The number of benzene rings is 1. The number of rotatable bonds is 3. The Kier molecular flexibility index (Phi) is 3.75. The second kappa shape index (κ2) is 4.63. The van der Waals surface area contributed by atoms with Crippen molar-refractivity contribution in [1.29, 1.82) is 0 Å². The topological polar surface area (TPSA) is 29.3 Å². The summed E-state index contributed by atoms with van der Waals surface area (Å²) >= 11 is 3.54. The maximum absolute atomic E-state index is 5.48. The molecule has 0 fully saturated rings. The molecule has 72 valence electrons. The third kappa shape index (κ3) is 2.71. The van der Waals surface area contributed by atoms with Gasteiger partial charge in [-0.25, -0.2) is 0 Å². The minimum Gasteiger partial charge on any atom is -0.377 e. The Labute approximate surface area is 87.9 Å². The first-order valence-electron chi connectivity index (χ1n) is 4.31. The third-order valence-corrected chi connectivity index (χ3v) is 2.56. The minimum absolute atomic E-state index is 0.702. The molecule has 0 aromatic heterocycles. The molecule has 0 aliphatic rings. The summed E-state index contributed by atoms with van der Waals surface area (Å²) in [5.74, 6) is 0. The van der Waals surface area contributed by atoms with Gasteiger partial charge in [-0.15, -0.1) is 0 Å². The van der Waals surface area contributed by atoms with E-state index in [9.17, 15) is 0 Å². The van der Waals surface area contributed by atoms with Crippen molar-refractivity contribution in [2.45, 2.75) is 6.42 Å². The number of hydrogen-bond acceptors (Lipinski definition) is 2. The van der Waals surface area contributed by atoms with E-state index < -0.39 is 0 Å². The first-order chi connectivity index (χ1) is 6.15. The fourth-order valence-electron chi connectivity index (χ4n) is 1.24. The maximum Gasteiger partial charge on any atom is 0.0505 e. The largest absolute Gasteiger partial charge is 0.377 e. The second-order valence-corrected chi connectivity index (χ2v) is 4.07. The van der Waals surface area contributed by atoms with Gasteiger partial charge in [0.1, 0.15) is 0 Å². The molecule has 1 rings (SSSR count). The first-order valence-corrected chi connectivity index (χ1v) is 5.10. The highest BCUT2D eigenvalue weighted by Crippen LogP contribution is 2.25. The molecule has 0 amide bonds. The van der Waals surface area contributed by atoms with E-state index in [1.807, 2.05) is 14.1 Å². The van der Waals surface area contributed by atoms with Crippen LogP contribution in [0.25, 0.3) is 0 Å². The molecule has 0 unspecified atom stereocenters. The van der Waals surface area contributed by atoms with Gasteiger partial charge >= 0.3 is 0 Å². The van der Waals surface area contributed by atoms with Gasteiger partial charge in [0.15, 0.2) is 0 Å². The van der Waals surface area contributed by atoms with Gasteiger partial charge in [-0.3, -0.25) is 0 Å². The highest BCUT2D eigenvalue weighted by atomic mass is 79.9. The summed E-state index contributed by atoms with van der Waals surface area (Å²) in [6.45, 7) is 0.702. The van der Waals surface area contributed by atoms with Crippen molar-refractivity contribution < 1.29 is 0 Å². The third-order valence-electron chi connectivity index (χ3n) is 1.93. The highest BCUT2D eigenvalue weighted by molar-refractivity contribution is 9.10. The lowest BCUT2D eigenvalue weighted by Crippen LogP contribution is -2.10. The molecule has 0 atom stereocenters. The molecule has 2 nitrogen and oxygen atoms in total. The van der Waals surface area contributed by atoms with Gasteiger partial charge in [0.05, 0.1) is 5.69 Å². The fourth-order valence-corrected chi connectivity index (χ4v) is 2.02. The smallest absolute Gasteiger partial charge is 0.0505 e. The van der Waals surface area contributed by atoms with Crippen LogP contribution in [0.15, 0.2) is 22.7 Å². The van der Waals surface area contributed by atoms with Crippen molar-refractivity contribution in [3.8, 4) is 0 Å². The summed E-state index contributed by atoms with van der Waals surface area (Å²) in [5, 5.41) is 0. The molecule has 0 aliphatic heterocycles. The Bertz CT molecular complexity index is 284. The lowest BCUT2D eigenvalue weighted by atomic mass is 10.1. The van der Waals surface area contributed by atoms with Crippen LogP contribution in [0.1, 0.15) is 5.56 Å². The van der Waals surface area contributed by atoms with Gasteiger partial charge in [-0.1, -0.05) is 6.07 Å². The molecule has 0 spiro atoms. The number of nitrogens with zero attached hydrogens (tertiary/aromatic N) is 1. The van der Waals surface area contributed by atoms with Crippen LogP contribution in [-0.4, -0.2) is 20.6 Å². The normalized spacial score (nSPS) is 10.2. The summed E-state index contributed by atoms with van der Waals surface area (Å²) in [6.07, 6.45) is 0.937. The Morgan fingerprint density at radius 1 is 1.38 bits per heavy atom. The summed E-state index contributed by atoms with van der Waals surface area (Å²) < 4.78 is 1.13. The minimum atomic E-state index is 0.702. The predicted molar refractivity (Wildman–Crippen MR) is 61.2 cm³/mol. The van der Waals surface area contributed by atoms with Crippen molar-refractivity contribution in [3.63, 3.8) is 0 Å². The van der Waals surface area contributed by atoms with Crippen molar-refractivity contribution in [3.05, 3.63) is 28.2 Å². The van der Waals surface area contributed by atoms with E-state index in [0.29, 0.717) is 6.54 Å². The molecule has 1 aromatic carbocycles. The summed E-state index contributed by atoms with van der Waals surface area (Å²) in [4.78, 5) is 2.08. The van der Waals surface area contributed by atoms with Gasteiger partial charge in [-0.2, -0.15) is 0 Å². The molecule has 0 heterocycles. The maximum atomic E-state index is 5.48. The van der Waals surface area contributed by atoms with E-state index >= 15 is 0 Å². The summed E-state index contributed by atoms with van der Waals surface area (Å²) in [7, 11) is 4.06. The molecule has 1 aromatic rings. The molecular weight excluding hydrogens is 228 g/mol. The molecule has 0 aliphatic carbocycles. The van der Waals surface area contributed by atoms with Gasteiger partial charge in [0, 0.05) is 18.6 Å². The summed E-state index contributed by atoms with van der Waals surface area (Å²) in [5.41, 5.74) is 7.96. The van der Waals surface area contributed by atoms with Crippen molar-refractivity contribution in [2.75, 3.05) is 25.5 Å². The van der Waals surface area contributed by atoms with Gasteiger partial charge in [0.25, 0.3) is 0 Å². The SMILES string of the molecule is CN(C)c1ccc(CCN)cc1Br. The Balaban J connectivity index is 2.92. The predicted octanol–water partition coefficient (Wildman–Crippen LogP) is 2.02. The summed E-state index contributed by atoms with van der Waals surface area (Å²) in [6, 6.07) is 6.35. The van der Waals surface area contributed by atoms with Gasteiger partial charge in [0.2, 0.25) is 0 Å².